The standard InChI is InChI=1S/C81H49F2N7/c82-65-39-64(40-66(83)45-65)81-79(89-75-33-25-56(60-21-29-71(85-47-60)52-13-5-1-6-14-52)41-67(75)68-42-57(26-34-76(68)89)61-22-30-72(86-48-61)53-15-7-2-8-16-53)37-51(46-84)38-80(81)90-77-35-27-58(62-23-31-73(87-49-62)54-17-9-3-10-18-54)43-69(77)70-44-59(28-36-78(70)90)63-24-32-74(88-50-63)55-19-11-4-12-20-55/h1-45,47-50H. The third-order valence-electron chi connectivity index (χ3n) is 17.1. The second-order valence-corrected chi connectivity index (χ2v) is 22.5. The lowest BCUT2D eigenvalue weighted by Gasteiger charge is -2.21. The monoisotopic (exact) mass is 1160 g/mol. The normalized spacial score (nSPS) is 11.4. The summed E-state index contributed by atoms with van der Waals surface area (Å²) in [6.45, 7) is 0. The van der Waals surface area contributed by atoms with Crippen LogP contribution >= 0.6 is 0 Å². The van der Waals surface area contributed by atoms with Crippen molar-refractivity contribution in [3.05, 3.63) is 315 Å². The Bertz CT molecular complexity index is 4840. The molecule has 422 valence electrons. The zero-order valence-electron chi connectivity index (χ0n) is 48.2. The summed E-state index contributed by atoms with van der Waals surface area (Å²) < 4.78 is 36.7. The maximum Gasteiger partial charge on any atom is 0.126 e. The number of hydrogen-bond acceptors (Lipinski definition) is 5. The number of fused-ring (bicyclic) bond motifs is 6. The molecule has 0 saturated heterocycles. The van der Waals surface area contributed by atoms with E-state index in [1.807, 2.05) is 183 Å². The number of nitrogens with zero attached hydrogens (tertiary/aromatic N) is 7. The van der Waals surface area contributed by atoms with Crippen LogP contribution in [0.15, 0.2) is 298 Å². The number of benzene rings is 10. The highest BCUT2D eigenvalue weighted by atomic mass is 19.1. The zero-order valence-corrected chi connectivity index (χ0v) is 48.2. The van der Waals surface area contributed by atoms with Crippen molar-refractivity contribution in [2.24, 2.45) is 0 Å². The van der Waals surface area contributed by atoms with Crippen molar-refractivity contribution < 1.29 is 8.78 Å². The van der Waals surface area contributed by atoms with Crippen molar-refractivity contribution in [1.29, 1.82) is 5.26 Å². The summed E-state index contributed by atoms with van der Waals surface area (Å²) in [7, 11) is 0. The Labute approximate surface area is 517 Å². The molecule has 0 aliphatic heterocycles. The molecule has 0 radical (unpaired) electrons. The molecule has 6 aromatic heterocycles. The van der Waals surface area contributed by atoms with Crippen molar-refractivity contribution in [3.63, 3.8) is 0 Å². The highest BCUT2D eigenvalue weighted by Crippen LogP contribution is 2.46. The molecule has 16 aromatic rings. The van der Waals surface area contributed by atoms with E-state index in [1.165, 1.54) is 12.1 Å². The first-order valence-corrected chi connectivity index (χ1v) is 29.6. The Morgan fingerprint density at radius 1 is 0.267 bits per heavy atom. The minimum Gasteiger partial charge on any atom is -0.308 e. The fraction of sp³-hybridized carbons (Fsp3) is 0. The van der Waals surface area contributed by atoms with Crippen LogP contribution in [-0.2, 0) is 0 Å². The Balaban J connectivity index is 0.931. The number of rotatable bonds is 11. The lowest BCUT2D eigenvalue weighted by molar-refractivity contribution is 0.584. The smallest absolute Gasteiger partial charge is 0.126 e. The highest BCUT2D eigenvalue weighted by Gasteiger charge is 2.26. The van der Waals surface area contributed by atoms with Crippen LogP contribution in [0.25, 0.3) is 156 Å². The van der Waals surface area contributed by atoms with Crippen LogP contribution in [0.2, 0.25) is 0 Å². The summed E-state index contributed by atoms with van der Waals surface area (Å²) in [4.78, 5) is 19.7. The molecule has 0 aliphatic rings. The first-order valence-electron chi connectivity index (χ1n) is 29.6. The fourth-order valence-corrected chi connectivity index (χ4v) is 12.7. The number of halogens is 2. The van der Waals surface area contributed by atoms with E-state index < -0.39 is 11.6 Å². The SMILES string of the molecule is N#Cc1cc(-n2c3ccc(-c4ccc(-c5ccccc5)nc4)cc3c3cc(-c4ccc(-c5ccccc5)nc4)ccc32)c(-c2cc(F)cc(F)c2)c(-n2c3ccc(-c4ccc(-c5ccccc5)nc4)cc3c3cc(-c4ccc(-c5ccccc5)nc4)ccc32)c1. The molecule has 6 heterocycles. The Kier molecular flexibility index (Phi) is 13.2. The Hall–Kier alpha value is -12.3. The van der Waals surface area contributed by atoms with Gasteiger partial charge in [-0.25, -0.2) is 8.78 Å². The van der Waals surface area contributed by atoms with Gasteiger partial charge in [0.1, 0.15) is 11.6 Å². The van der Waals surface area contributed by atoms with Gasteiger partial charge < -0.3 is 9.13 Å². The number of aromatic nitrogens is 6. The van der Waals surface area contributed by atoms with Crippen molar-refractivity contribution in [3.8, 4) is 118 Å². The molecule has 0 spiro atoms. The van der Waals surface area contributed by atoms with Gasteiger partial charge in [-0.15, -0.1) is 0 Å². The molecule has 16 rings (SSSR count). The average molecular weight is 1160 g/mol. The van der Waals surface area contributed by atoms with Crippen LogP contribution in [0.3, 0.4) is 0 Å². The quantitative estimate of drug-likeness (QED) is 0.129. The molecule has 0 saturated carbocycles. The molecule has 90 heavy (non-hydrogen) atoms. The van der Waals surface area contributed by atoms with E-state index in [0.717, 1.165) is 139 Å². The van der Waals surface area contributed by atoms with E-state index in [9.17, 15) is 5.26 Å². The van der Waals surface area contributed by atoms with Gasteiger partial charge in [-0.1, -0.05) is 170 Å². The van der Waals surface area contributed by atoms with E-state index in [1.54, 1.807) is 0 Å². The van der Waals surface area contributed by atoms with Crippen LogP contribution < -0.4 is 0 Å². The molecule has 0 fully saturated rings. The minimum absolute atomic E-state index is 0.289. The number of hydrogen-bond donors (Lipinski definition) is 0. The van der Waals surface area contributed by atoms with Crippen molar-refractivity contribution >= 4 is 43.6 Å². The molecular weight excluding hydrogens is 1110 g/mol. The predicted molar refractivity (Wildman–Crippen MR) is 360 cm³/mol. The summed E-state index contributed by atoms with van der Waals surface area (Å²) >= 11 is 0. The average Bonchev–Trinajstić information content (AvgIpc) is 1.59. The van der Waals surface area contributed by atoms with E-state index in [2.05, 4.69) is 112 Å². The van der Waals surface area contributed by atoms with Gasteiger partial charge in [-0.05, 0) is 125 Å². The van der Waals surface area contributed by atoms with Crippen LogP contribution in [0.1, 0.15) is 5.56 Å². The topological polar surface area (TPSA) is 85.2 Å². The molecule has 10 aromatic carbocycles. The van der Waals surface area contributed by atoms with Crippen LogP contribution in [-0.4, -0.2) is 29.1 Å². The minimum atomic E-state index is -0.739. The van der Waals surface area contributed by atoms with Crippen molar-refractivity contribution in [1.82, 2.24) is 29.1 Å². The first kappa shape index (κ1) is 53.2. The summed E-state index contributed by atoms with van der Waals surface area (Å²) in [5, 5.41) is 15.0. The molecule has 0 unspecified atom stereocenters. The lowest BCUT2D eigenvalue weighted by atomic mass is 9.97. The predicted octanol–water partition coefficient (Wildman–Crippen LogP) is 20.6. The fourth-order valence-electron chi connectivity index (χ4n) is 12.7. The summed E-state index contributed by atoms with van der Waals surface area (Å²) in [5.74, 6) is -1.48. The van der Waals surface area contributed by atoms with Crippen molar-refractivity contribution in [2.75, 3.05) is 0 Å². The molecule has 7 nitrogen and oxygen atoms in total. The van der Waals surface area contributed by atoms with Gasteiger partial charge in [0, 0.05) is 102 Å². The molecule has 0 N–H and O–H groups in total. The molecule has 0 aliphatic carbocycles. The first-order chi connectivity index (χ1) is 44.3. The number of nitriles is 1. The Morgan fingerprint density at radius 3 is 0.800 bits per heavy atom. The van der Waals surface area contributed by atoms with Gasteiger partial charge in [0.05, 0.1) is 67.8 Å². The second kappa shape index (κ2) is 22.2. The van der Waals surface area contributed by atoms with E-state index in [-0.39, 0.29) is 5.56 Å². The van der Waals surface area contributed by atoms with Crippen LogP contribution in [0, 0.1) is 23.0 Å². The summed E-state index contributed by atoms with van der Waals surface area (Å²) in [5.41, 5.74) is 20.5. The van der Waals surface area contributed by atoms with Gasteiger partial charge in [0.2, 0.25) is 0 Å². The van der Waals surface area contributed by atoms with Crippen LogP contribution in [0.4, 0.5) is 8.78 Å². The maximum absolute atomic E-state index is 16.2. The molecule has 0 bridgehead atoms. The van der Waals surface area contributed by atoms with Crippen LogP contribution in [0.5, 0.6) is 0 Å². The maximum atomic E-state index is 16.2. The molecule has 0 atom stereocenters. The molecular formula is C81H49F2N7. The largest absolute Gasteiger partial charge is 0.308 e. The molecule has 0 amide bonds. The third-order valence-corrected chi connectivity index (χ3v) is 17.1. The summed E-state index contributed by atoms with van der Waals surface area (Å²) in [6.07, 6.45) is 7.62. The van der Waals surface area contributed by atoms with Gasteiger partial charge in [-0.2, -0.15) is 5.26 Å². The molecule has 9 heteroatoms. The second-order valence-electron chi connectivity index (χ2n) is 22.5. The van der Waals surface area contributed by atoms with Gasteiger partial charge in [0.15, 0.2) is 0 Å². The van der Waals surface area contributed by atoms with E-state index in [0.29, 0.717) is 22.5 Å². The van der Waals surface area contributed by atoms with Gasteiger partial charge in [0.25, 0.3) is 0 Å². The Morgan fingerprint density at radius 2 is 0.544 bits per heavy atom. The van der Waals surface area contributed by atoms with Crippen molar-refractivity contribution in [2.45, 2.75) is 0 Å². The van der Waals surface area contributed by atoms with E-state index in [4.69, 9.17) is 19.9 Å². The number of pyridine rings is 4. The summed E-state index contributed by atoms with van der Waals surface area (Å²) in [6, 6.07) is 92.2. The van der Waals surface area contributed by atoms with Gasteiger partial charge >= 0.3 is 0 Å². The highest BCUT2D eigenvalue weighted by molar-refractivity contribution is 6.14. The third kappa shape index (κ3) is 9.62. The zero-order chi connectivity index (χ0) is 60.2. The van der Waals surface area contributed by atoms with Gasteiger partial charge in [-0.3, -0.25) is 19.9 Å². The van der Waals surface area contributed by atoms with E-state index >= 15 is 8.78 Å². The lowest BCUT2D eigenvalue weighted by Crippen LogP contribution is -2.05.